The van der Waals surface area contributed by atoms with Crippen LogP contribution >= 0.6 is 0 Å². The molecule has 1 amide bonds. The Balaban J connectivity index is 2.19. The Morgan fingerprint density at radius 3 is 2.33 bits per heavy atom. The molecule has 0 aliphatic rings. The molecule has 2 aromatic rings. The lowest BCUT2D eigenvalue weighted by Gasteiger charge is -2.07. The molecule has 0 bridgehead atoms. The molecule has 0 unspecified atom stereocenters. The fraction of sp³-hybridized carbons (Fsp3) is 0.0667. The van der Waals surface area contributed by atoms with Crippen LogP contribution in [0.3, 0.4) is 0 Å². The molecule has 4 N–H and O–H groups in total. The summed E-state index contributed by atoms with van der Waals surface area (Å²) >= 11 is 0. The van der Waals surface area contributed by atoms with Crippen LogP contribution < -0.4 is 5.43 Å². The number of carbonyl (C=O) groups is 1. The quantitative estimate of drug-likeness (QED) is 0.393. The van der Waals surface area contributed by atoms with Crippen molar-refractivity contribution in [3.05, 3.63) is 53.6 Å². The molecule has 21 heavy (non-hydrogen) atoms. The van der Waals surface area contributed by atoms with E-state index < -0.39 is 23.2 Å². The highest BCUT2D eigenvalue weighted by Gasteiger charge is 2.13. The molecule has 0 fully saturated rings. The van der Waals surface area contributed by atoms with Crippen LogP contribution in [-0.2, 0) is 0 Å². The minimum Gasteiger partial charge on any atom is -0.504 e. The van der Waals surface area contributed by atoms with E-state index in [1.807, 2.05) is 0 Å². The van der Waals surface area contributed by atoms with Crippen LogP contribution in [0.2, 0.25) is 0 Å². The van der Waals surface area contributed by atoms with Crippen molar-refractivity contribution in [3.8, 4) is 17.2 Å². The van der Waals surface area contributed by atoms with E-state index in [2.05, 4.69) is 10.5 Å². The number of hydrogen-bond donors (Lipinski definition) is 4. The van der Waals surface area contributed by atoms with E-state index >= 15 is 0 Å². The van der Waals surface area contributed by atoms with E-state index in [1.165, 1.54) is 12.1 Å². The van der Waals surface area contributed by atoms with Crippen LogP contribution in [-0.4, -0.2) is 26.9 Å². The van der Waals surface area contributed by atoms with Gasteiger partial charge in [-0.15, -0.1) is 0 Å². The van der Waals surface area contributed by atoms with Gasteiger partial charge < -0.3 is 15.3 Å². The first-order chi connectivity index (χ1) is 10.0. The van der Waals surface area contributed by atoms with Gasteiger partial charge in [0.25, 0.3) is 5.91 Å². The molecule has 0 aromatic heterocycles. The van der Waals surface area contributed by atoms with Gasteiger partial charge in [0.2, 0.25) is 5.75 Å². The molecule has 0 spiro atoms. The van der Waals surface area contributed by atoms with Gasteiger partial charge in [-0.2, -0.15) is 5.10 Å². The number of carbonyl (C=O) groups excluding carboxylic acids is 1. The lowest BCUT2D eigenvalue weighted by molar-refractivity contribution is 0.0955. The predicted molar refractivity (Wildman–Crippen MR) is 77.6 cm³/mol. The molecule has 2 rings (SSSR count). The van der Waals surface area contributed by atoms with Crippen LogP contribution in [0.4, 0.5) is 0 Å². The van der Waals surface area contributed by atoms with Gasteiger partial charge in [-0.05, 0) is 31.2 Å². The molecule has 6 nitrogen and oxygen atoms in total. The van der Waals surface area contributed by atoms with E-state index in [4.69, 9.17) is 0 Å². The zero-order valence-corrected chi connectivity index (χ0v) is 11.2. The van der Waals surface area contributed by atoms with Crippen LogP contribution in [0.25, 0.3) is 0 Å². The van der Waals surface area contributed by atoms with Gasteiger partial charge in [-0.25, -0.2) is 5.43 Å². The summed E-state index contributed by atoms with van der Waals surface area (Å²) < 4.78 is 0. The van der Waals surface area contributed by atoms with Crippen molar-refractivity contribution in [1.29, 1.82) is 0 Å². The monoisotopic (exact) mass is 286 g/mol. The second-order valence-electron chi connectivity index (χ2n) is 4.33. The number of aromatic hydroxyl groups is 3. The highest BCUT2D eigenvalue weighted by Crippen LogP contribution is 2.37. The summed E-state index contributed by atoms with van der Waals surface area (Å²) in [5.41, 5.74) is 3.29. The molecular weight excluding hydrogens is 272 g/mol. The SMILES string of the molecule is CC(=NNC(=O)c1ccccc1)c1ccc(O)c(O)c1O. The highest BCUT2D eigenvalue weighted by molar-refractivity contribution is 6.03. The maximum absolute atomic E-state index is 11.8. The minimum atomic E-state index is -0.628. The fourth-order valence-electron chi connectivity index (χ4n) is 1.71. The summed E-state index contributed by atoms with van der Waals surface area (Å²) in [6.07, 6.45) is 0. The average molecular weight is 286 g/mol. The van der Waals surface area contributed by atoms with Gasteiger partial charge in [-0.1, -0.05) is 18.2 Å². The van der Waals surface area contributed by atoms with Gasteiger partial charge >= 0.3 is 0 Å². The topological polar surface area (TPSA) is 102 Å². The number of nitrogens with one attached hydrogen (secondary N) is 1. The summed E-state index contributed by atoms with van der Waals surface area (Å²) in [4.78, 5) is 11.8. The van der Waals surface area contributed by atoms with Crippen molar-refractivity contribution in [2.24, 2.45) is 5.10 Å². The minimum absolute atomic E-state index is 0.207. The van der Waals surface area contributed by atoms with Crippen LogP contribution in [0.15, 0.2) is 47.6 Å². The summed E-state index contributed by atoms with van der Waals surface area (Å²) in [6, 6.07) is 11.2. The lowest BCUT2D eigenvalue weighted by atomic mass is 10.1. The molecular formula is C15H14N2O4. The van der Waals surface area contributed by atoms with Crippen molar-refractivity contribution >= 4 is 11.6 Å². The third-order valence-electron chi connectivity index (χ3n) is 2.88. The van der Waals surface area contributed by atoms with Crippen molar-refractivity contribution in [2.45, 2.75) is 6.92 Å². The molecule has 108 valence electrons. The number of amides is 1. The molecule has 0 aliphatic heterocycles. The first kappa shape index (κ1) is 14.4. The maximum atomic E-state index is 11.8. The number of benzene rings is 2. The van der Waals surface area contributed by atoms with Gasteiger partial charge in [0, 0.05) is 11.1 Å². The summed E-state index contributed by atoms with van der Waals surface area (Å²) in [5.74, 6) is -1.95. The Morgan fingerprint density at radius 2 is 1.67 bits per heavy atom. The number of hydrazone groups is 1. The zero-order chi connectivity index (χ0) is 15.4. The predicted octanol–water partition coefficient (Wildman–Crippen LogP) is 1.96. The molecule has 0 atom stereocenters. The molecule has 0 radical (unpaired) electrons. The van der Waals surface area contributed by atoms with Gasteiger partial charge in [0.15, 0.2) is 11.5 Å². The Hall–Kier alpha value is -3.02. The first-order valence-electron chi connectivity index (χ1n) is 6.14. The Labute approximate surface area is 121 Å². The second kappa shape index (κ2) is 5.96. The Kier molecular flexibility index (Phi) is 4.08. The van der Waals surface area contributed by atoms with E-state index in [0.29, 0.717) is 5.56 Å². The van der Waals surface area contributed by atoms with E-state index in [0.717, 1.165) is 0 Å². The number of phenolic OH excluding ortho intramolecular Hbond substituents is 3. The summed E-state index contributed by atoms with van der Waals surface area (Å²) in [5, 5.41) is 32.3. The van der Waals surface area contributed by atoms with Gasteiger partial charge in [0.1, 0.15) is 0 Å². The Bertz CT molecular complexity index is 696. The van der Waals surface area contributed by atoms with E-state index in [9.17, 15) is 20.1 Å². The molecule has 2 aromatic carbocycles. The largest absolute Gasteiger partial charge is 0.504 e. The lowest BCUT2D eigenvalue weighted by Crippen LogP contribution is -2.19. The van der Waals surface area contributed by atoms with Gasteiger partial charge in [-0.3, -0.25) is 4.79 Å². The van der Waals surface area contributed by atoms with Crippen LogP contribution in [0, 0.1) is 0 Å². The molecule has 6 heteroatoms. The van der Waals surface area contributed by atoms with Crippen molar-refractivity contribution < 1.29 is 20.1 Å². The average Bonchev–Trinajstić information content (AvgIpc) is 2.51. The van der Waals surface area contributed by atoms with Crippen molar-refractivity contribution in [3.63, 3.8) is 0 Å². The van der Waals surface area contributed by atoms with E-state index in [1.54, 1.807) is 37.3 Å². The fourth-order valence-corrected chi connectivity index (χ4v) is 1.71. The number of hydrogen-bond acceptors (Lipinski definition) is 5. The number of nitrogens with zero attached hydrogens (tertiary/aromatic N) is 1. The normalized spacial score (nSPS) is 11.2. The molecule has 0 aliphatic carbocycles. The van der Waals surface area contributed by atoms with Crippen molar-refractivity contribution in [2.75, 3.05) is 0 Å². The smallest absolute Gasteiger partial charge is 0.271 e. The van der Waals surface area contributed by atoms with Crippen molar-refractivity contribution in [1.82, 2.24) is 5.43 Å². The third kappa shape index (κ3) is 3.11. The molecule has 0 heterocycles. The molecule has 0 saturated heterocycles. The maximum Gasteiger partial charge on any atom is 0.271 e. The third-order valence-corrected chi connectivity index (χ3v) is 2.88. The van der Waals surface area contributed by atoms with Gasteiger partial charge in [0.05, 0.1) is 5.71 Å². The molecule has 0 saturated carbocycles. The Morgan fingerprint density at radius 1 is 1.00 bits per heavy atom. The standard InChI is InChI=1S/C15H14N2O4/c1-9(11-7-8-12(18)14(20)13(11)19)16-17-15(21)10-5-3-2-4-6-10/h2-8,18-20H,1H3,(H,17,21). The first-order valence-corrected chi connectivity index (χ1v) is 6.14. The number of rotatable bonds is 3. The zero-order valence-electron chi connectivity index (χ0n) is 11.2. The van der Waals surface area contributed by atoms with Crippen LogP contribution in [0.1, 0.15) is 22.8 Å². The summed E-state index contributed by atoms with van der Waals surface area (Å²) in [6.45, 7) is 1.55. The number of phenols is 3. The second-order valence-corrected chi connectivity index (χ2v) is 4.33. The van der Waals surface area contributed by atoms with E-state index in [-0.39, 0.29) is 11.3 Å². The van der Waals surface area contributed by atoms with Crippen LogP contribution in [0.5, 0.6) is 17.2 Å². The highest BCUT2D eigenvalue weighted by atomic mass is 16.3. The summed E-state index contributed by atoms with van der Waals surface area (Å²) in [7, 11) is 0.